The monoisotopic (exact) mass is 456 g/mol. The maximum atomic E-state index is 11.8. The molecule has 2 aromatic carbocycles. The van der Waals surface area contributed by atoms with Crippen LogP contribution in [0, 0.1) is 0 Å². The molecule has 0 saturated heterocycles. The molecule has 0 spiro atoms. The molecule has 0 amide bonds. The van der Waals surface area contributed by atoms with Crippen LogP contribution in [0.2, 0.25) is 0 Å². The van der Waals surface area contributed by atoms with Gasteiger partial charge in [0.1, 0.15) is 9.79 Å². The third-order valence-electron chi connectivity index (χ3n) is 5.41. The number of hydrogen-bond donors (Lipinski definition) is 2. The molecule has 6 nitrogen and oxygen atoms in total. The Morgan fingerprint density at radius 3 is 1.70 bits per heavy atom. The van der Waals surface area contributed by atoms with Crippen molar-refractivity contribution in [2.24, 2.45) is 0 Å². The summed E-state index contributed by atoms with van der Waals surface area (Å²) < 4.78 is 66.1. The molecule has 0 saturated carbocycles. The average molecular weight is 457 g/mol. The summed E-state index contributed by atoms with van der Waals surface area (Å²) >= 11 is 0. The Bertz CT molecular complexity index is 1000. The van der Waals surface area contributed by atoms with Crippen LogP contribution < -0.4 is 0 Å². The zero-order valence-electron chi connectivity index (χ0n) is 17.5. The van der Waals surface area contributed by atoms with Crippen molar-refractivity contribution >= 4 is 31.0 Å². The minimum Gasteiger partial charge on any atom is -0.282 e. The van der Waals surface area contributed by atoms with E-state index < -0.39 is 30.0 Å². The Kier molecular flexibility index (Phi) is 9.28. The molecule has 0 fully saturated rings. The lowest BCUT2D eigenvalue weighted by atomic mass is 9.98. The van der Waals surface area contributed by atoms with Crippen molar-refractivity contribution in [1.82, 2.24) is 0 Å². The van der Waals surface area contributed by atoms with Crippen molar-refractivity contribution in [3.63, 3.8) is 0 Å². The van der Waals surface area contributed by atoms with Crippen molar-refractivity contribution in [3.05, 3.63) is 35.9 Å². The van der Waals surface area contributed by atoms with Crippen LogP contribution in [0.5, 0.6) is 0 Å². The normalized spacial score (nSPS) is 12.5. The van der Waals surface area contributed by atoms with Gasteiger partial charge < -0.3 is 0 Å². The molecular formula is C22H32O6S2. The Morgan fingerprint density at radius 2 is 1.17 bits per heavy atom. The second-order valence-electron chi connectivity index (χ2n) is 7.78. The van der Waals surface area contributed by atoms with E-state index in [1.54, 1.807) is 12.1 Å². The quantitative estimate of drug-likeness (QED) is 0.291. The van der Waals surface area contributed by atoms with Crippen molar-refractivity contribution < 1.29 is 25.9 Å². The third-order valence-corrected chi connectivity index (χ3v) is 7.20. The van der Waals surface area contributed by atoms with E-state index in [4.69, 9.17) is 0 Å². The molecule has 2 N–H and O–H groups in total. The predicted octanol–water partition coefficient (Wildman–Crippen LogP) is 5.80. The van der Waals surface area contributed by atoms with Gasteiger partial charge in [-0.1, -0.05) is 82.9 Å². The highest BCUT2D eigenvalue weighted by Gasteiger charge is 2.23. The SMILES string of the molecule is CCCCCCCCCCCCc1ccc(S(=O)(=O)O)c2c(S(=O)(=O)O)cccc12. The second-order valence-corrected chi connectivity index (χ2v) is 10.6. The molecule has 0 radical (unpaired) electrons. The predicted molar refractivity (Wildman–Crippen MR) is 119 cm³/mol. The van der Waals surface area contributed by atoms with Gasteiger partial charge in [-0.25, -0.2) is 0 Å². The van der Waals surface area contributed by atoms with Crippen LogP contribution in [0.4, 0.5) is 0 Å². The molecule has 0 aliphatic rings. The van der Waals surface area contributed by atoms with E-state index >= 15 is 0 Å². The second kappa shape index (κ2) is 11.2. The Hall–Kier alpha value is -1.48. The summed E-state index contributed by atoms with van der Waals surface area (Å²) in [5.74, 6) is 0. The summed E-state index contributed by atoms with van der Waals surface area (Å²) in [4.78, 5) is -1.03. The number of unbranched alkanes of at least 4 members (excludes halogenated alkanes) is 9. The van der Waals surface area contributed by atoms with Gasteiger partial charge in [-0.15, -0.1) is 0 Å². The van der Waals surface area contributed by atoms with Gasteiger partial charge >= 0.3 is 0 Å². The van der Waals surface area contributed by atoms with Crippen LogP contribution in [-0.4, -0.2) is 25.9 Å². The molecule has 0 bridgehead atoms. The largest absolute Gasteiger partial charge is 0.295 e. The number of hydrogen-bond acceptors (Lipinski definition) is 4. The minimum absolute atomic E-state index is 0.160. The first-order valence-electron chi connectivity index (χ1n) is 10.7. The number of benzene rings is 2. The fraction of sp³-hybridized carbons (Fsp3) is 0.545. The molecule has 2 rings (SSSR count). The smallest absolute Gasteiger partial charge is 0.282 e. The van der Waals surface area contributed by atoms with Crippen LogP contribution >= 0.6 is 0 Å². The van der Waals surface area contributed by atoms with Gasteiger partial charge in [-0.2, -0.15) is 16.8 Å². The van der Waals surface area contributed by atoms with E-state index in [1.807, 2.05) is 0 Å². The number of rotatable bonds is 13. The minimum atomic E-state index is -4.65. The zero-order valence-corrected chi connectivity index (χ0v) is 19.1. The molecule has 8 heteroatoms. The lowest BCUT2D eigenvalue weighted by molar-refractivity contribution is 0.483. The van der Waals surface area contributed by atoms with Crippen molar-refractivity contribution in [2.75, 3.05) is 0 Å². The van der Waals surface area contributed by atoms with Crippen LogP contribution in [0.15, 0.2) is 40.1 Å². The van der Waals surface area contributed by atoms with Crippen LogP contribution in [0.1, 0.15) is 76.7 Å². The molecule has 2 aromatic rings. The van der Waals surface area contributed by atoms with Crippen molar-refractivity contribution in [3.8, 4) is 0 Å². The molecule has 0 atom stereocenters. The third kappa shape index (κ3) is 7.04. The van der Waals surface area contributed by atoms with Crippen LogP contribution in [0.3, 0.4) is 0 Å². The molecule has 0 unspecified atom stereocenters. The Morgan fingerprint density at radius 1 is 0.667 bits per heavy atom. The van der Waals surface area contributed by atoms with Crippen molar-refractivity contribution in [2.45, 2.75) is 87.3 Å². The van der Waals surface area contributed by atoms with Crippen molar-refractivity contribution in [1.29, 1.82) is 0 Å². The highest BCUT2D eigenvalue weighted by Crippen LogP contribution is 2.32. The summed E-state index contributed by atoms with van der Waals surface area (Å²) in [6.07, 6.45) is 12.6. The summed E-state index contributed by atoms with van der Waals surface area (Å²) in [6, 6.07) is 7.02. The summed E-state index contributed by atoms with van der Waals surface area (Å²) in [5.41, 5.74) is 0.794. The van der Waals surface area contributed by atoms with E-state index in [1.165, 1.54) is 57.1 Å². The van der Waals surface area contributed by atoms with Gasteiger partial charge in [0.15, 0.2) is 0 Å². The first kappa shape index (κ1) is 24.8. The molecule has 0 heterocycles. The van der Waals surface area contributed by atoms with Gasteiger partial charge in [-0.05, 0) is 35.9 Å². The Balaban J connectivity index is 2.07. The summed E-state index contributed by atoms with van der Waals surface area (Å²) in [5, 5.41) is 0.253. The van der Waals surface area contributed by atoms with E-state index in [9.17, 15) is 25.9 Å². The van der Waals surface area contributed by atoms with Gasteiger partial charge in [-0.3, -0.25) is 9.11 Å². The molecule has 30 heavy (non-hydrogen) atoms. The lowest BCUT2D eigenvalue weighted by Gasteiger charge is -2.12. The van der Waals surface area contributed by atoms with Crippen LogP contribution in [0.25, 0.3) is 10.8 Å². The topological polar surface area (TPSA) is 109 Å². The number of aryl methyl sites for hydroxylation is 1. The van der Waals surface area contributed by atoms with Crippen LogP contribution in [-0.2, 0) is 26.7 Å². The van der Waals surface area contributed by atoms with E-state index in [0.717, 1.165) is 30.9 Å². The summed E-state index contributed by atoms with van der Waals surface area (Å²) in [7, 11) is -9.30. The Labute approximate surface area is 180 Å². The standard InChI is InChI=1S/C22H32O6S2/c1-2-3-4-5-6-7-8-9-10-11-13-18-16-17-21(30(26,27)28)22-19(18)14-12-15-20(22)29(23,24)25/h12,14-17H,2-11,13H2,1H3,(H,23,24,25)(H,26,27,28). The highest BCUT2D eigenvalue weighted by molar-refractivity contribution is 7.87. The fourth-order valence-electron chi connectivity index (χ4n) is 3.85. The first-order valence-corrected chi connectivity index (χ1v) is 13.5. The van der Waals surface area contributed by atoms with Gasteiger partial charge in [0.25, 0.3) is 20.2 Å². The van der Waals surface area contributed by atoms with Gasteiger partial charge in [0, 0.05) is 5.39 Å². The molecule has 0 aliphatic heterocycles. The first-order chi connectivity index (χ1) is 14.2. The molecule has 0 aliphatic carbocycles. The molecule has 0 aromatic heterocycles. The molecule has 168 valence electrons. The maximum Gasteiger partial charge on any atom is 0.295 e. The van der Waals surface area contributed by atoms with E-state index in [-0.39, 0.29) is 5.39 Å². The maximum absolute atomic E-state index is 11.8. The highest BCUT2D eigenvalue weighted by atomic mass is 32.2. The summed E-state index contributed by atoms with van der Waals surface area (Å²) in [6.45, 7) is 2.21. The zero-order chi connectivity index (χ0) is 22.2. The number of fused-ring (bicyclic) bond motifs is 1. The molecular weight excluding hydrogens is 424 g/mol. The fourth-order valence-corrected chi connectivity index (χ4v) is 5.36. The lowest BCUT2D eigenvalue weighted by Crippen LogP contribution is -2.06. The average Bonchev–Trinajstić information content (AvgIpc) is 2.67. The van der Waals surface area contributed by atoms with Gasteiger partial charge in [0.05, 0.1) is 0 Å². The van der Waals surface area contributed by atoms with Gasteiger partial charge in [0.2, 0.25) is 0 Å². The van der Waals surface area contributed by atoms with E-state index in [0.29, 0.717) is 11.8 Å². The van der Waals surface area contributed by atoms with E-state index in [2.05, 4.69) is 6.92 Å².